The highest BCUT2D eigenvalue weighted by Crippen LogP contribution is 2.18. The number of aromatic nitrogens is 2. The Morgan fingerprint density at radius 3 is 2.71 bits per heavy atom. The Morgan fingerprint density at radius 1 is 1.35 bits per heavy atom. The number of benzene rings is 1. The maximum Gasteiger partial charge on any atom is 0.177 e. The molecule has 1 atom stereocenters. The fourth-order valence-corrected chi connectivity index (χ4v) is 2.17. The van der Waals surface area contributed by atoms with Crippen LogP contribution in [0.3, 0.4) is 0 Å². The maximum absolute atomic E-state index is 9.23. The lowest BCUT2D eigenvalue weighted by Gasteiger charge is -2.14. The first-order valence-electron chi connectivity index (χ1n) is 5.65. The molecule has 90 valence electrons. The molecule has 0 saturated carbocycles. The molecule has 17 heavy (non-hydrogen) atoms. The number of nitrogens with zero attached hydrogens (tertiary/aromatic N) is 1. The summed E-state index contributed by atoms with van der Waals surface area (Å²) >= 11 is 5.20. The lowest BCUT2D eigenvalue weighted by Crippen LogP contribution is -2.09. The van der Waals surface area contributed by atoms with Gasteiger partial charge >= 0.3 is 0 Å². The normalized spacial score (nSPS) is 12.6. The van der Waals surface area contributed by atoms with Gasteiger partial charge in [-0.1, -0.05) is 37.3 Å². The van der Waals surface area contributed by atoms with Crippen LogP contribution in [0.1, 0.15) is 24.1 Å². The van der Waals surface area contributed by atoms with Crippen molar-refractivity contribution in [1.29, 1.82) is 0 Å². The highest BCUT2D eigenvalue weighted by atomic mass is 32.1. The summed E-state index contributed by atoms with van der Waals surface area (Å²) in [5.41, 5.74) is 2.11. The van der Waals surface area contributed by atoms with Crippen molar-refractivity contribution >= 4 is 12.2 Å². The lowest BCUT2D eigenvalue weighted by atomic mass is 10.0. The molecule has 0 amide bonds. The molecule has 1 heterocycles. The predicted octanol–water partition coefficient (Wildman–Crippen LogP) is 2.84. The van der Waals surface area contributed by atoms with Crippen LogP contribution in [-0.4, -0.2) is 14.7 Å². The molecule has 1 aromatic heterocycles. The van der Waals surface area contributed by atoms with Crippen LogP contribution < -0.4 is 0 Å². The number of nitrogens with one attached hydrogen (secondary N) is 1. The number of H-pyrrole nitrogens is 1. The third-order valence-electron chi connectivity index (χ3n) is 2.94. The summed E-state index contributed by atoms with van der Waals surface area (Å²) in [5, 5.41) is 9.23. The van der Waals surface area contributed by atoms with Crippen LogP contribution in [0.15, 0.2) is 36.5 Å². The second-order valence-electron chi connectivity index (χ2n) is 4.17. The first-order valence-corrected chi connectivity index (χ1v) is 6.06. The average Bonchev–Trinajstić information content (AvgIpc) is 2.71. The maximum atomic E-state index is 9.23. The molecule has 2 rings (SSSR count). The fourth-order valence-electron chi connectivity index (χ4n) is 1.92. The zero-order valence-electron chi connectivity index (χ0n) is 9.76. The topological polar surface area (TPSA) is 41.0 Å². The van der Waals surface area contributed by atoms with Crippen molar-refractivity contribution in [2.24, 2.45) is 0 Å². The summed E-state index contributed by atoms with van der Waals surface area (Å²) in [4.78, 5) is 2.96. The third kappa shape index (κ3) is 2.65. The first-order chi connectivity index (χ1) is 8.22. The van der Waals surface area contributed by atoms with Gasteiger partial charge in [0.15, 0.2) is 4.77 Å². The van der Waals surface area contributed by atoms with Gasteiger partial charge in [-0.25, -0.2) is 0 Å². The minimum Gasteiger partial charge on any atom is -0.390 e. The van der Waals surface area contributed by atoms with Gasteiger partial charge in [0.1, 0.15) is 0 Å². The van der Waals surface area contributed by atoms with Gasteiger partial charge in [-0.2, -0.15) is 0 Å². The summed E-state index contributed by atoms with van der Waals surface area (Å²) in [7, 11) is 0. The molecule has 0 aliphatic rings. The van der Waals surface area contributed by atoms with E-state index in [9.17, 15) is 5.11 Å². The molecule has 0 fully saturated rings. The summed E-state index contributed by atoms with van der Waals surface area (Å²) in [6, 6.07) is 10.3. The van der Waals surface area contributed by atoms with Crippen LogP contribution in [0.4, 0.5) is 0 Å². The molecule has 4 heteroatoms. The highest BCUT2D eigenvalue weighted by Gasteiger charge is 2.09. The van der Waals surface area contributed by atoms with Crippen molar-refractivity contribution in [1.82, 2.24) is 9.55 Å². The summed E-state index contributed by atoms with van der Waals surface area (Å²) in [6.07, 6.45) is 1.76. The van der Waals surface area contributed by atoms with Gasteiger partial charge in [-0.05, 0) is 23.7 Å². The van der Waals surface area contributed by atoms with Gasteiger partial charge in [-0.15, -0.1) is 0 Å². The monoisotopic (exact) mass is 248 g/mol. The molecular weight excluding hydrogens is 232 g/mol. The van der Waals surface area contributed by atoms with Crippen molar-refractivity contribution in [3.8, 4) is 0 Å². The molecule has 0 bridgehead atoms. The molecule has 0 radical (unpaired) electrons. The minimum atomic E-state index is 0.00858. The fraction of sp³-hybridized carbons (Fsp3) is 0.308. The molecule has 3 nitrogen and oxygen atoms in total. The second-order valence-corrected chi connectivity index (χ2v) is 4.55. The summed E-state index contributed by atoms with van der Waals surface area (Å²) < 4.78 is 2.62. The molecule has 0 aliphatic heterocycles. The summed E-state index contributed by atoms with van der Waals surface area (Å²) in [5.74, 6) is 0.365. The van der Waals surface area contributed by atoms with Crippen LogP contribution >= 0.6 is 12.2 Å². The van der Waals surface area contributed by atoms with Crippen molar-refractivity contribution in [3.63, 3.8) is 0 Å². The van der Waals surface area contributed by atoms with Gasteiger partial charge in [0, 0.05) is 12.7 Å². The average molecular weight is 248 g/mol. The smallest absolute Gasteiger partial charge is 0.177 e. The van der Waals surface area contributed by atoms with E-state index in [4.69, 9.17) is 12.2 Å². The lowest BCUT2D eigenvalue weighted by molar-refractivity contribution is 0.269. The van der Waals surface area contributed by atoms with Crippen molar-refractivity contribution in [2.45, 2.75) is 26.0 Å². The summed E-state index contributed by atoms with van der Waals surface area (Å²) in [6.45, 7) is 2.95. The van der Waals surface area contributed by atoms with Gasteiger partial charge in [0.05, 0.1) is 12.3 Å². The van der Waals surface area contributed by atoms with E-state index >= 15 is 0 Å². The van der Waals surface area contributed by atoms with E-state index in [1.165, 1.54) is 5.56 Å². The Kier molecular flexibility index (Phi) is 3.76. The van der Waals surface area contributed by atoms with Crippen LogP contribution in [0, 0.1) is 4.77 Å². The standard InChI is InChI=1S/C13H16N2OS/c1-10(11-5-3-2-4-6-11)8-15-12(9-16)7-14-13(15)17/h2-7,10,16H,8-9H2,1H3,(H,14,17). The minimum absolute atomic E-state index is 0.00858. The third-order valence-corrected chi connectivity index (χ3v) is 3.28. The molecule has 1 aromatic carbocycles. The first kappa shape index (κ1) is 12.1. The zero-order valence-corrected chi connectivity index (χ0v) is 10.6. The van der Waals surface area contributed by atoms with E-state index in [1.54, 1.807) is 6.20 Å². The van der Waals surface area contributed by atoms with Crippen LogP contribution in [-0.2, 0) is 13.2 Å². The van der Waals surface area contributed by atoms with E-state index in [1.807, 2.05) is 22.8 Å². The molecule has 0 aliphatic carbocycles. The Labute approximate surface area is 106 Å². The Morgan fingerprint density at radius 2 is 2.06 bits per heavy atom. The van der Waals surface area contributed by atoms with Crippen LogP contribution in [0.25, 0.3) is 0 Å². The van der Waals surface area contributed by atoms with Gasteiger partial charge in [0.25, 0.3) is 0 Å². The molecule has 2 aromatic rings. The van der Waals surface area contributed by atoms with E-state index in [0.717, 1.165) is 12.2 Å². The van der Waals surface area contributed by atoms with Crippen LogP contribution in [0.2, 0.25) is 0 Å². The molecule has 2 N–H and O–H groups in total. The molecule has 0 spiro atoms. The van der Waals surface area contributed by atoms with Gasteiger partial charge in [-0.3, -0.25) is 0 Å². The molecular formula is C13H16N2OS. The second kappa shape index (κ2) is 5.29. The largest absolute Gasteiger partial charge is 0.390 e. The van der Waals surface area contributed by atoms with Crippen LogP contribution in [0.5, 0.6) is 0 Å². The predicted molar refractivity (Wildman–Crippen MR) is 70.4 cm³/mol. The Balaban J connectivity index is 2.21. The van der Waals surface area contributed by atoms with E-state index < -0.39 is 0 Å². The Bertz CT molecular complexity index is 530. The number of aromatic amines is 1. The number of hydrogen-bond donors (Lipinski definition) is 2. The number of rotatable bonds is 4. The quantitative estimate of drug-likeness (QED) is 0.817. The van der Waals surface area contributed by atoms with E-state index in [-0.39, 0.29) is 6.61 Å². The van der Waals surface area contributed by atoms with E-state index in [2.05, 4.69) is 24.0 Å². The number of hydrogen-bond acceptors (Lipinski definition) is 2. The molecule has 0 saturated heterocycles. The number of imidazole rings is 1. The molecule has 1 unspecified atom stereocenters. The highest BCUT2D eigenvalue weighted by molar-refractivity contribution is 7.71. The van der Waals surface area contributed by atoms with E-state index in [0.29, 0.717) is 10.7 Å². The van der Waals surface area contributed by atoms with Crippen molar-refractivity contribution < 1.29 is 5.11 Å². The zero-order chi connectivity index (χ0) is 12.3. The van der Waals surface area contributed by atoms with Gasteiger partial charge in [0.2, 0.25) is 0 Å². The Hall–Kier alpha value is -1.39. The SMILES string of the molecule is CC(Cn1c(CO)c[nH]c1=S)c1ccccc1. The van der Waals surface area contributed by atoms with Crippen molar-refractivity contribution in [3.05, 3.63) is 52.6 Å². The number of aliphatic hydroxyl groups excluding tert-OH is 1. The van der Waals surface area contributed by atoms with Gasteiger partial charge < -0.3 is 14.7 Å². The number of aliphatic hydroxyl groups is 1. The van der Waals surface area contributed by atoms with Crippen molar-refractivity contribution in [2.75, 3.05) is 0 Å².